The van der Waals surface area contributed by atoms with E-state index in [1.165, 1.54) is 0 Å². The van der Waals surface area contributed by atoms with Gasteiger partial charge in [-0.05, 0) is 27.9 Å². The predicted octanol–water partition coefficient (Wildman–Crippen LogP) is 2.12. The van der Waals surface area contributed by atoms with E-state index < -0.39 is 0 Å². The maximum absolute atomic E-state index is 5.59. The zero-order chi connectivity index (χ0) is 11.3. The number of ether oxygens (including phenoxy) is 1. The molecule has 15 heavy (non-hydrogen) atoms. The van der Waals surface area contributed by atoms with Gasteiger partial charge in [0.1, 0.15) is 5.82 Å². The molecule has 0 fully saturated rings. The van der Waals surface area contributed by atoms with Crippen LogP contribution in [0.3, 0.4) is 0 Å². The topological polar surface area (TPSA) is 60.2 Å². The molecule has 0 amide bonds. The summed E-state index contributed by atoms with van der Waals surface area (Å²) in [6.07, 6.45) is 1.63. The number of hydrogen-bond donors (Lipinski definition) is 2. The van der Waals surface area contributed by atoms with Crippen molar-refractivity contribution in [2.75, 3.05) is 31.3 Å². The Morgan fingerprint density at radius 3 is 3.00 bits per heavy atom. The lowest BCUT2D eigenvalue weighted by atomic mass is 10.2. The van der Waals surface area contributed by atoms with Crippen LogP contribution in [-0.2, 0) is 4.74 Å². The Morgan fingerprint density at radius 1 is 1.67 bits per heavy atom. The Kier molecular flexibility index (Phi) is 4.84. The molecule has 3 N–H and O–H groups in total. The van der Waals surface area contributed by atoms with E-state index in [4.69, 9.17) is 10.5 Å². The van der Waals surface area contributed by atoms with Crippen LogP contribution < -0.4 is 11.1 Å². The Labute approximate surface area is 98.3 Å². The second-order valence-corrected chi connectivity index (χ2v) is 4.39. The van der Waals surface area contributed by atoms with Crippen molar-refractivity contribution in [3.63, 3.8) is 0 Å². The molecule has 1 heterocycles. The summed E-state index contributed by atoms with van der Waals surface area (Å²) >= 11 is 3.40. The molecule has 1 atom stereocenters. The van der Waals surface area contributed by atoms with Gasteiger partial charge in [-0.1, -0.05) is 6.92 Å². The minimum atomic E-state index is 0.446. The van der Waals surface area contributed by atoms with Crippen molar-refractivity contribution >= 4 is 27.4 Å². The summed E-state index contributed by atoms with van der Waals surface area (Å²) in [7, 11) is 1.70. The van der Waals surface area contributed by atoms with Gasteiger partial charge in [-0.25, -0.2) is 4.98 Å². The maximum atomic E-state index is 5.59. The standard InChI is InChI=1S/C10H16BrN3O/c1-7(6-15-2)4-13-10-9(11)3-8(12)5-14-10/h3,5,7H,4,6,12H2,1-2H3,(H,13,14). The molecular formula is C10H16BrN3O. The molecule has 0 spiro atoms. The van der Waals surface area contributed by atoms with Crippen LogP contribution in [0, 0.1) is 5.92 Å². The highest BCUT2D eigenvalue weighted by Gasteiger charge is 2.04. The van der Waals surface area contributed by atoms with Crippen LogP contribution in [0.5, 0.6) is 0 Å². The van der Waals surface area contributed by atoms with Gasteiger partial charge in [0.2, 0.25) is 0 Å². The number of pyridine rings is 1. The molecule has 0 saturated heterocycles. The van der Waals surface area contributed by atoms with Crippen LogP contribution in [0.2, 0.25) is 0 Å². The van der Waals surface area contributed by atoms with Gasteiger partial charge in [0.15, 0.2) is 0 Å². The van der Waals surface area contributed by atoms with Gasteiger partial charge in [-0.15, -0.1) is 0 Å². The summed E-state index contributed by atoms with van der Waals surface area (Å²) in [5, 5.41) is 3.23. The van der Waals surface area contributed by atoms with E-state index in [1.807, 2.05) is 6.07 Å². The molecule has 0 radical (unpaired) electrons. The van der Waals surface area contributed by atoms with Gasteiger partial charge in [-0.2, -0.15) is 0 Å². The summed E-state index contributed by atoms with van der Waals surface area (Å²) in [5.74, 6) is 1.26. The summed E-state index contributed by atoms with van der Waals surface area (Å²) in [6, 6.07) is 1.83. The summed E-state index contributed by atoms with van der Waals surface area (Å²) < 4.78 is 5.93. The Bertz CT molecular complexity index is 320. The quantitative estimate of drug-likeness (QED) is 0.863. The van der Waals surface area contributed by atoms with Gasteiger partial charge in [-0.3, -0.25) is 0 Å². The van der Waals surface area contributed by atoms with Crippen molar-refractivity contribution in [1.29, 1.82) is 0 Å². The van der Waals surface area contributed by atoms with Crippen molar-refractivity contribution < 1.29 is 4.74 Å². The average molecular weight is 274 g/mol. The number of nitrogen functional groups attached to an aromatic ring is 1. The highest BCUT2D eigenvalue weighted by atomic mass is 79.9. The minimum Gasteiger partial charge on any atom is -0.397 e. The number of nitrogens with zero attached hydrogens (tertiary/aromatic N) is 1. The molecule has 84 valence electrons. The molecule has 1 unspecified atom stereocenters. The highest BCUT2D eigenvalue weighted by Crippen LogP contribution is 2.21. The van der Waals surface area contributed by atoms with Crippen LogP contribution >= 0.6 is 15.9 Å². The zero-order valence-corrected chi connectivity index (χ0v) is 10.5. The van der Waals surface area contributed by atoms with E-state index >= 15 is 0 Å². The van der Waals surface area contributed by atoms with Gasteiger partial charge < -0.3 is 15.8 Å². The third-order valence-corrected chi connectivity index (χ3v) is 2.54. The van der Waals surface area contributed by atoms with E-state index in [9.17, 15) is 0 Å². The Hall–Kier alpha value is -0.810. The van der Waals surface area contributed by atoms with Crippen LogP contribution in [0.4, 0.5) is 11.5 Å². The first-order valence-electron chi connectivity index (χ1n) is 4.77. The number of anilines is 2. The molecule has 4 nitrogen and oxygen atoms in total. The fraction of sp³-hybridized carbons (Fsp3) is 0.500. The molecule has 5 heteroatoms. The molecule has 0 bridgehead atoms. The molecule has 0 aliphatic carbocycles. The molecule has 0 aromatic carbocycles. The second kappa shape index (κ2) is 5.92. The third-order valence-electron chi connectivity index (χ3n) is 1.93. The van der Waals surface area contributed by atoms with E-state index in [0.717, 1.165) is 23.4 Å². The van der Waals surface area contributed by atoms with Crippen LogP contribution in [0.15, 0.2) is 16.7 Å². The number of nitrogens with one attached hydrogen (secondary N) is 1. The van der Waals surface area contributed by atoms with Crippen molar-refractivity contribution in [2.24, 2.45) is 5.92 Å². The SMILES string of the molecule is COCC(C)CNc1ncc(N)cc1Br. The Balaban J connectivity index is 2.50. The maximum Gasteiger partial charge on any atom is 0.140 e. The van der Waals surface area contributed by atoms with Gasteiger partial charge >= 0.3 is 0 Å². The summed E-state index contributed by atoms with van der Waals surface area (Å²) in [6.45, 7) is 3.67. The van der Waals surface area contributed by atoms with Crippen LogP contribution in [0.1, 0.15) is 6.92 Å². The molecule has 1 aromatic rings. The van der Waals surface area contributed by atoms with Crippen molar-refractivity contribution in [3.8, 4) is 0 Å². The number of aromatic nitrogens is 1. The Morgan fingerprint density at radius 2 is 2.40 bits per heavy atom. The lowest BCUT2D eigenvalue weighted by molar-refractivity contribution is 0.164. The monoisotopic (exact) mass is 273 g/mol. The first-order chi connectivity index (χ1) is 7.13. The van der Waals surface area contributed by atoms with Gasteiger partial charge in [0.05, 0.1) is 23.0 Å². The first-order valence-corrected chi connectivity index (χ1v) is 5.56. The number of rotatable bonds is 5. The number of hydrogen-bond acceptors (Lipinski definition) is 4. The molecule has 1 aromatic heterocycles. The molecule has 0 saturated carbocycles. The molecule has 0 aliphatic rings. The van der Waals surface area contributed by atoms with E-state index in [-0.39, 0.29) is 0 Å². The average Bonchev–Trinajstić information content (AvgIpc) is 2.17. The predicted molar refractivity (Wildman–Crippen MR) is 65.9 cm³/mol. The largest absolute Gasteiger partial charge is 0.397 e. The smallest absolute Gasteiger partial charge is 0.140 e. The lowest BCUT2D eigenvalue weighted by Crippen LogP contribution is -2.16. The van der Waals surface area contributed by atoms with Gasteiger partial charge in [0, 0.05) is 13.7 Å². The number of nitrogens with two attached hydrogens (primary N) is 1. The third kappa shape index (κ3) is 4.05. The molecular weight excluding hydrogens is 258 g/mol. The zero-order valence-electron chi connectivity index (χ0n) is 8.96. The minimum absolute atomic E-state index is 0.446. The van der Waals surface area contributed by atoms with Crippen molar-refractivity contribution in [3.05, 3.63) is 16.7 Å². The van der Waals surface area contributed by atoms with E-state index in [0.29, 0.717) is 11.6 Å². The molecule has 1 rings (SSSR count). The van der Waals surface area contributed by atoms with Crippen molar-refractivity contribution in [2.45, 2.75) is 6.92 Å². The van der Waals surface area contributed by atoms with Crippen LogP contribution in [-0.4, -0.2) is 25.2 Å². The summed E-state index contributed by atoms with van der Waals surface area (Å²) in [5.41, 5.74) is 6.24. The van der Waals surface area contributed by atoms with Crippen LogP contribution in [0.25, 0.3) is 0 Å². The fourth-order valence-corrected chi connectivity index (χ4v) is 1.70. The normalized spacial score (nSPS) is 12.5. The first kappa shape index (κ1) is 12.3. The highest BCUT2D eigenvalue weighted by molar-refractivity contribution is 9.10. The van der Waals surface area contributed by atoms with E-state index in [2.05, 4.69) is 33.2 Å². The summed E-state index contributed by atoms with van der Waals surface area (Å²) in [4.78, 5) is 4.19. The fourth-order valence-electron chi connectivity index (χ4n) is 1.20. The van der Waals surface area contributed by atoms with E-state index in [1.54, 1.807) is 13.3 Å². The number of methoxy groups -OCH3 is 1. The lowest BCUT2D eigenvalue weighted by Gasteiger charge is -2.12. The molecule has 0 aliphatic heterocycles. The van der Waals surface area contributed by atoms with Crippen molar-refractivity contribution in [1.82, 2.24) is 4.98 Å². The second-order valence-electron chi connectivity index (χ2n) is 3.54. The van der Waals surface area contributed by atoms with Gasteiger partial charge in [0.25, 0.3) is 0 Å². The number of halogens is 1.